The molecule has 5 aliphatic carbocycles. The zero-order valence-electron chi connectivity index (χ0n) is 45.5. The van der Waals surface area contributed by atoms with Gasteiger partial charge in [-0.2, -0.15) is 0 Å². The molecule has 0 saturated heterocycles. The molecule has 7 aliphatic rings. The Labute approximate surface area is 415 Å². The van der Waals surface area contributed by atoms with E-state index in [0.717, 1.165) is 11.2 Å². The summed E-state index contributed by atoms with van der Waals surface area (Å²) in [5, 5.41) is 1.26. The first-order chi connectivity index (χ1) is 32.0. The topological polar surface area (TPSA) is 19.6 Å². The van der Waals surface area contributed by atoms with Gasteiger partial charge in [0.2, 0.25) is 0 Å². The minimum Gasteiger partial charge on any atom is -0.468 e. The molecule has 0 spiro atoms. The maximum absolute atomic E-state index is 7.74. The highest BCUT2D eigenvalue weighted by atomic mass is 16.3. The predicted molar refractivity (Wildman–Crippen MR) is 296 cm³/mol. The van der Waals surface area contributed by atoms with E-state index in [-0.39, 0.29) is 50.0 Å². The van der Waals surface area contributed by atoms with Crippen molar-refractivity contribution in [2.45, 2.75) is 212 Å². The predicted octanol–water partition coefficient (Wildman–Crippen LogP) is 16.2. The number of furan rings is 1. The number of rotatable bonds is 2. The molecule has 3 nitrogen and oxygen atoms in total. The summed E-state index contributed by atoms with van der Waals surface area (Å²) in [6, 6.07) is 30.5. The molecule has 1 saturated carbocycles. The Morgan fingerprint density at radius 3 is 1.57 bits per heavy atom. The Kier molecular flexibility index (Phi) is 9.11. The standard InChI is InChI=1S/C65H79BN2O/c1-38-30-44-46(63(14,15)25-24-61(44,10)11)36-51(38)68-50-21-18-39(58(2,3)4)31-49(50)66-55-52(32-40(33-53(55)68)59(5,6)7)67(41-19-20-43-45(34-41)62(12,13)23-22-60(43,8)9)56-42-35-47-48(37-54(42)69-57(56)66)65(17)28-26-64(47,16)27-29-65/h18-21,30-37H,22-29H2,1-17H3. The lowest BCUT2D eigenvalue weighted by Gasteiger charge is -2.52. The summed E-state index contributed by atoms with van der Waals surface area (Å²) in [6.07, 6.45) is 9.75. The summed E-state index contributed by atoms with van der Waals surface area (Å²) in [4.78, 5) is 5.39. The van der Waals surface area contributed by atoms with Gasteiger partial charge in [-0.25, -0.2) is 0 Å². The van der Waals surface area contributed by atoms with E-state index in [1.807, 2.05) is 0 Å². The zero-order chi connectivity index (χ0) is 49.1. The molecule has 3 heterocycles. The highest BCUT2D eigenvalue weighted by molar-refractivity contribution is 7.00. The van der Waals surface area contributed by atoms with Gasteiger partial charge in [0.05, 0.1) is 11.3 Å². The number of anilines is 6. The molecule has 358 valence electrons. The van der Waals surface area contributed by atoms with Crippen LogP contribution < -0.4 is 26.4 Å². The normalized spacial score (nSPS) is 24.3. The van der Waals surface area contributed by atoms with Crippen LogP contribution in [-0.4, -0.2) is 6.71 Å². The van der Waals surface area contributed by atoms with E-state index >= 15 is 0 Å². The van der Waals surface area contributed by atoms with Gasteiger partial charge in [0.25, 0.3) is 6.71 Å². The van der Waals surface area contributed by atoms with E-state index in [0.29, 0.717) is 0 Å². The fraction of sp³-hybridized carbons (Fsp3) is 0.508. The third-order valence-electron chi connectivity index (χ3n) is 19.8. The van der Waals surface area contributed by atoms with Gasteiger partial charge in [0.1, 0.15) is 5.58 Å². The summed E-state index contributed by atoms with van der Waals surface area (Å²) < 4.78 is 7.74. The second-order valence-electron chi connectivity index (χ2n) is 28.6. The summed E-state index contributed by atoms with van der Waals surface area (Å²) in [7, 11) is 0. The fourth-order valence-corrected chi connectivity index (χ4v) is 14.5. The van der Waals surface area contributed by atoms with Crippen LogP contribution in [0.5, 0.6) is 0 Å². The van der Waals surface area contributed by atoms with E-state index in [4.69, 9.17) is 4.42 Å². The maximum atomic E-state index is 7.74. The van der Waals surface area contributed by atoms with E-state index in [9.17, 15) is 0 Å². The van der Waals surface area contributed by atoms with E-state index in [1.54, 1.807) is 5.56 Å². The third-order valence-corrected chi connectivity index (χ3v) is 19.8. The minimum absolute atomic E-state index is 0.0409. The Bertz CT molecular complexity index is 3200. The number of nitrogens with zero attached hydrogens (tertiary/aromatic N) is 2. The van der Waals surface area contributed by atoms with Crippen molar-refractivity contribution < 1.29 is 4.42 Å². The highest BCUT2D eigenvalue weighted by Gasteiger charge is 2.52. The average Bonchev–Trinajstić information content (AvgIpc) is 3.64. The summed E-state index contributed by atoms with van der Waals surface area (Å²) >= 11 is 0. The van der Waals surface area contributed by atoms with Gasteiger partial charge in [-0.15, -0.1) is 0 Å². The highest BCUT2D eigenvalue weighted by Crippen LogP contribution is 2.59. The number of aryl methyl sites for hydroxylation is 1. The molecule has 0 amide bonds. The molecule has 13 rings (SSSR count). The third kappa shape index (κ3) is 6.37. The van der Waals surface area contributed by atoms with Gasteiger partial charge in [0.15, 0.2) is 0 Å². The Morgan fingerprint density at radius 1 is 0.464 bits per heavy atom. The van der Waals surface area contributed by atoms with Crippen LogP contribution >= 0.6 is 0 Å². The van der Waals surface area contributed by atoms with Gasteiger partial charge >= 0.3 is 0 Å². The van der Waals surface area contributed by atoms with Crippen molar-refractivity contribution in [3.8, 4) is 0 Å². The van der Waals surface area contributed by atoms with Crippen LogP contribution in [0.15, 0.2) is 77.2 Å². The lowest BCUT2D eigenvalue weighted by Crippen LogP contribution is -2.61. The van der Waals surface area contributed by atoms with Gasteiger partial charge in [-0.3, -0.25) is 0 Å². The molecule has 1 fully saturated rings. The van der Waals surface area contributed by atoms with Crippen LogP contribution in [-0.2, 0) is 43.3 Å². The first-order valence-electron chi connectivity index (χ1n) is 26.9. The van der Waals surface area contributed by atoms with Gasteiger partial charge in [0, 0.05) is 33.8 Å². The number of benzene rings is 5. The fourth-order valence-electron chi connectivity index (χ4n) is 14.5. The first kappa shape index (κ1) is 45.4. The lowest BCUT2D eigenvalue weighted by atomic mass is 9.35. The molecular formula is C65H79BN2O. The van der Waals surface area contributed by atoms with Crippen molar-refractivity contribution in [2.24, 2.45) is 0 Å². The van der Waals surface area contributed by atoms with Crippen molar-refractivity contribution in [2.75, 3.05) is 9.80 Å². The summed E-state index contributed by atoms with van der Waals surface area (Å²) in [5.41, 5.74) is 26.1. The molecular weight excluding hydrogens is 836 g/mol. The molecule has 69 heavy (non-hydrogen) atoms. The molecule has 2 aliphatic heterocycles. The SMILES string of the molecule is Cc1cc2c(cc1N1c3ccc(C(C)(C)C)cc3B3c4oc5cc6c(cc5c4N(c4ccc5c(c4)C(C)(C)CCC5(C)C)c4cc(C(C)(C)C)cc1c43)C1(C)CCC6(C)CC1)C(C)(C)CCC2(C)C. The molecule has 4 heteroatoms. The second-order valence-corrected chi connectivity index (χ2v) is 28.6. The van der Waals surface area contributed by atoms with Gasteiger partial charge < -0.3 is 14.2 Å². The Balaban J connectivity index is 1.23. The second kappa shape index (κ2) is 13.8. The zero-order valence-corrected chi connectivity index (χ0v) is 45.5. The van der Waals surface area contributed by atoms with E-state index < -0.39 is 0 Å². The van der Waals surface area contributed by atoms with Gasteiger partial charge in [-0.1, -0.05) is 135 Å². The van der Waals surface area contributed by atoms with Crippen molar-refractivity contribution in [3.63, 3.8) is 0 Å². The Morgan fingerprint density at radius 2 is 0.986 bits per heavy atom. The summed E-state index contributed by atoms with van der Waals surface area (Å²) in [5.74, 6) is 0. The first-order valence-corrected chi connectivity index (χ1v) is 26.9. The number of fused-ring (bicyclic) bond motifs is 10. The molecule has 0 unspecified atom stereocenters. The number of hydrogen-bond donors (Lipinski definition) is 0. The molecule has 6 aromatic rings. The quantitative estimate of drug-likeness (QED) is 0.161. The maximum Gasteiger partial charge on any atom is 0.297 e. The molecule has 0 atom stereocenters. The molecule has 0 N–H and O–H groups in total. The molecule has 0 radical (unpaired) electrons. The van der Waals surface area contributed by atoms with Crippen molar-refractivity contribution in [3.05, 3.63) is 123 Å². The van der Waals surface area contributed by atoms with Crippen molar-refractivity contribution in [1.29, 1.82) is 0 Å². The van der Waals surface area contributed by atoms with Gasteiger partial charge in [-0.05, 0) is 211 Å². The molecule has 5 aromatic carbocycles. The van der Waals surface area contributed by atoms with Crippen LogP contribution in [0.3, 0.4) is 0 Å². The monoisotopic (exact) mass is 915 g/mol. The summed E-state index contributed by atoms with van der Waals surface area (Å²) in [6.45, 7) is 41.4. The van der Waals surface area contributed by atoms with E-state index in [2.05, 4.69) is 200 Å². The van der Waals surface area contributed by atoms with Crippen LogP contribution in [0, 0.1) is 6.92 Å². The average molecular weight is 915 g/mol. The minimum atomic E-state index is -0.116. The molecule has 1 aromatic heterocycles. The van der Waals surface area contributed by atoms with E-state index in [1.165, 1.54) is 146 Å². The van der Waals surface area contributed by atoms with Crippen LogP contribution in [0.2, 0.25) is 0 Å². The van der Waals surface area contributed by atoms with Crippen LogP contribution in [0.1, 0.15) is 212 Å². The smallest absolute Gasteiger partial charge is 0.297 e. The number of hydrogen-bond acceptors (Lipinski definition) is 3. The Hall–Kier alpha value is -4.70. The van der Waals surface area contributed by atoms with Crippen LogP contribution in [0.4, 0.5) is 34.1 Å². The van der Waals surface area contributed by atoms with Crippen molar-refractivity contribution >= 4 is 68.4 Å². The molecule has 2 bridgehead atoms. The largest absolute Gasteiger partial charge is 0.468 e. The van der Waals surface area contributed by atoms with Crippen LogP contribution in [0.25, 0.3) is 11.0 Å². The van der Waals surface area contributed by atoms with Crippen molar-refractivity contribution in [1.82, 2.24) is 0 Å². The lowest BCUT2D eigenvalue weighted by molar-refractivity contribution is 0.188.